The molecule has 262 valence electrons. The van der Waals surface area contributed by atoms with E-state index in [0.717, 1.165) is 99.9 Å². The molecule has 0 N–H and O–H groups in total. The van der Waals surface area contributed by atoms with Gasteiger partial charge in [0, 0.05) is 32.8 Å². The van der Waals surface area contributed by atoms with Crippen LogP contribution in [0.15, 0.2) is 189 Å². The van der Waals surface area contributed by atoms with Crippen molar-refractivity contribution < 1.29 is 0 Å². The molecular weight excluding hydrogens is 679 g/mol. The average molecular weight is 714 g/mol. The van der Waals surface area contributed by atoms with Gasteiger partial charge < -0.3 is 0 Å². The summed E-state index contributed by atoms with van der Waals surface area (Å²) in [5.41, 5.74) is 15.3. The standard InChI is InChI=1S/C53H35N3/c1-3-34-30-42-24-27-47(55-52(42)50(44(34)4-2)35-14-7-5-8-15-35)40-20-13-19-37(31-40)38-22-26-46-41(32-38)23-28-48(54-46)49-29-25-43-33-39-18-11-12-21-45(39)51(53(43)56-49)36-16-9-6-10-17-36/h3-33H,1-2H2. The van der Waals surface area contributed by atoms with Crippen molar-refractivity contribution in [3.05, 3.63) is 200 Å². The van der Waals surface area contributed by atoms with E-state index < -0.39 is 0 Å². The van der Waals surface area contributed by atoms with Crippen molar-refractivity contribution in [2.75, 3.05) is 0 Å². The Kier molecular flexibility index (Phi) is 8.12. The Bertz CT molecular complexity index is 3160. The predicted molar refractivity (Wildman–Crippen MR) is 237 cm³/mol. The van der Waals surface area contributed by atoms with E-state index in [9.17, 15) is 0 Å². The summed E-state index contributed by atoms with van der Waals surface area (Å²) in [5, 5.41) is 5.64. The second-order valence-corrected chi connectivity index (χ2v) is 14.1. The first kappa shape index (κ1) is 33.1. The number of hydrogen-bond acceptors (Lipinski definition) is 3. The molecule has 0 amide bonds. The van der Waals surface area contributed by atoms with Crippen LogP contribution in [0, 0.1) is 0 Å². The summed E-state index contributed by atoms with van der Waals surface area (Å²) in [6, 6.07) is 61.7. The van der Waals surface area contributed by atoms with Crippen LogP contribution < -0.4 is 0 Å². The predicted octanol–water partition coefficient (Wildman–Crippen LogP) is 14.1. The molecule has 3 heteroatoms. The van der Waals surface area contributed by atoms with Crippen LogP contribution in [0.25, 0.3) is 112 Å². The molecule has 0 bridgehead atoms. The minimum Gasteiger partial charge on any atom is -0.247 e. The number of aromatic nitrogens is 3. The average Bonchev–Trinajstić information content (AvgIpc) is 3.27. The topological polar surface area (TPSA) is 38.7 Å². The summed E-state index contributed by atoms with van der Waals surface area (Å²) in [7, 11) is 0. The molecule has 0 aliphatic heterocycles. The second kappa shape index (κ2) is 13.7. The van der Waals surface area contributed by atoms with Crippen molar-refractivity contribution in [1.82, 2.24) is 15.0 Å². The van der Waals surface area contributed by atoms with Gasteiger partial charge in [-0.05, 0) is 92.7 Å². The molecule has 0 unspecified atom stereocenters. The smallest absolute Gasteiger partial charge is 0.0894 e. The largest absolute Gasteiger partial charge is 0.247 e. The summed E-state index contributed by atoms with van der Waals surface area (Å²) >= 11 is 0. The van der Waals surface area contributed by atoms with Gasteiger partial charge in [-0.3, -0.25) is 0 Å². The Hall–Kier alpha value is -7.49. The van der Waals surface area contributed by atoms with E-state index in [-0.39, 0.29) is 0 Å². The van der Waals surface area contributed by atoms with Crippen LogP contribution in [0.3, 0.4) is 0 Å². The lowest BCUT2D eigenvalue weighted by Gasteiger charge is -2.15. The Balaban J connectivity index is 1.02. The Labute approximate surface area is 325 Å². The number of fused-ring (bicyclic) bond motifs is 4. The third kappa shape index (κ3) is 5.74. The highest BCUT2D eigenvalue weighted by Gasteiger charge is 2.16. The van der Waals surface area contributed by atoms with E-state index >= 15 is 0 Å². The van der Waals surface area contributed by atoms with Gasteiger partial charge in [0.1, 0.15) is 0 Å². The summed E-state index contributed by atoms with van der Waals surface area (Å²) in [6.07, 6.45) is 3.80. The van der Waals surface area contributed by atoms with Crippen LogP contribution in [0.1, 0.15) is 11.1 Å². The molecule has 10 rings (SSSR count). The van der Waals surface area contributed by atoms with Gasteiger partial charge in [0.2, 0.25) is 0 Å². The number of hydrogen-bond donors (Lipinski definition) is 0. The van der Waals surface area contributed by atoms with Crippen LogP contribution in [0.4, 0.5) is 0 Å². The van der Waals surface area contributed by atoms with Crippen LogP contribution in [-0.4, -0.2) is 15.0 Å². The molecule has 0 atom stereocenters. The Morgan fingerprint density at radius 2 is 0.946 bits per heavy atom. The van der Waals surface area contributed by atoms with Crippen LogP contribution in [0.5, 0.6) is 0 Å². The maximum atomic E-state index is 5.29. The van der Waals surface area contributed by atoms with Crippen molar-refractivity contribution in [3.63, 3.8) is 0 Å². The molecule has 0 aliphatic carbocycles. The third-order valence-corrected chi connectivity index (χ3v) is 10.8. The molecule has 0 aliphatic rings. The third-order valence-electron chi connectivity index (χ3n) is 10.8. The molecule has 0 saturated heterocycles. The molecule has 10 aromatic rings. The van der Waals surface area contributed by atoms with Crippen molar-refractivity contribution in [3.8, 4) is 56.0 Å². The molecule has 0 fully saturated rings. The molecule has 56 heavy (non-hydrogen) atoms. The summed E-state index contributed by atoms with van der Waals surface area (Å²) in [6.45, 7) is 8.23. The lowest BCUT2D eigenvalue weighted by molar-refractivity contribution is 1.32. The number of nitrogens with zero attached hydrogens (tertiary/aromatic N) is 3. The van der Waals surface area contributed by atoms with Crippen LogP contribution in [0.2, 0.25) is 0 Å². The first-order valence-electron chi connectivity index (χ1n) is 18.8. The van der Waals surface area contributed by atoms with E-state index in [0.29, 0.717) is 0 Å². The fraction of sp³-hybridized carbons (Fsp3) is 0. The number of benzene rings is 7. The monoisotopic (exact) mass is 713 g/mol. The van der Waals surface area contributed by atoms with Gasteiger partial charge in [0.15, 0.2) is 0 Å². The van der Waals surface area contributed by atoms with Gasteiger partial charge in [-0.15, -0.1) is 0 Å². The van der Waals surface area contributed by atoms with E-state index in [2.05, 4.69) is 183 Å². The quantitative estimate of drug-likeness (QED) is 0.154. The Morgan fingerprint density at radius 1 is 0.357 bits per heavy atom. The highest BCUT2D eigenvalue weighted by Crippen LogP contribution is 2.39. The first-order chi connectivity index (χ1) is 27.6. The van der Waals surface area contributed by atoms with E-state index in [4.69, 9.17) is 15.0 Å². The zero-order valence-electron chi connectivity index (χ0n) is 30.7. The van der Waals surface area contributed by atoms with Crippen LogP contribution in [-0.2, 0) is 0 Å². The van der Waals surface area contributed by atoms with Crippen molar-refractivity contribution in [2.45, 2.75) is 0 Å². The first-order valence-corrected chi connectivity index (χ1v) is 18.8. The van der Waals surface area contributed by atoms with E-state index in [1.807, 2.05) is 18.2 Å². The zero-order valence-corrected chi connectivity index (χ0v) is 30.7. The van der Waals surface area contributed by atoms with Gasteiger partial charge >= 0.3 is 0 Å². The normalized spacial score (nSPS) is 11.4. The maximum Gasteiger partial charge on any atom is 0.0894 e. The number of rotatable bonds is 7. The van der Waals surface area contributed by atoms with E-state index in [1.54, 1.807) is 0 Å². The summed E-state index contributed by atoms with van der Waals surface area (Å²) in [4.78, 5) is 15.7. The number of pyridine rings is 3. The molecule has 0 saturated carbocycles. The van der Waals surface area contributed by atoms with Crippen LogP contribution >= 0.6 is 0 Å². The van der Waals surface area contributed by atoms with Gasteiger partial charge in [-0.2, -0.15) is 0 Å². The van der Waals surface area contributed by atoms with E-state index in [1.165, 1.54) is 10.8 Å². The molecule has 3 heterocycles. The Morgan fingerprint density at radius 3 is 1.71 bits per heavy atom. The lowest BCUT2D eigenvalue weighted by atomic mass is 9.91. The zero-order chi connectivity index (χ0) is 37.6. The molecular formula is C53H35N3. The van der Waals surface area contributed by atoms with Gasteiger partial charge in [0.25, 0.3) is 0 Å². The van der Waals surface area contributed by atoms with Crippen molar-refractivity contribution >= 4 is 55.6 Å². The SMILES string of the molecule is C=Cc1cc2ccc(-c3cccc(-c4ccc5nc(-c6ccc7cc8ccccc8c(-c8ccccc8)c7n6)ccc5c4)c3)nc2c(-c2ccccc2)c1C=C. The van der Waals surface area contributed by atoms with Gasteiger partial charge in [0.05, 0.1) is 33.6 Å². The minimum absolute atomic E-state index is 0.846. The molecule has 3 aromatic heterocycles. The highest BCUT2D eigenvalue weighted by molar-refractivity contribution is 6.11. The van der Waals surface area contributed by atoms with Crippen molar-refractivity contribution in [1.29, 1.82) is 0 Å². The van der Waals surface area contributed by atoms with Gasteiger partial charge in [-0.1, -0.05) is 153 Å². The highest BCUT2D eigenvalue weighted by atomic mass is 14.8. The minimum atomic E-state index is 0.846. The molecule has 0 spiro atoms. The second-order valence-electron chi connectivity index (χ2n) is 14.1. The summed E-state index contributed by atoms with van der Waals surface area (Å²) in [5.74, 6) is 0. The lowest BCUT2D eigenvalue weighted by Crippen LogP contribution is -1.95. The molecule has 3 nitrogen and oxygen atoms in total. The molecule has 0 radical (unpaired) electrons. The fourth-order valence-corrected chi connectivity index (χ4v) is 8.03. The fourth-order valence-electron chi connectivity index (χ4n) is 8.03. The molecule has 7 aromatic carbocycles. The summed E-state index contributed by atoms with van der Waals surface area (Å²) < 4.78 is 0. The maximum absolute atomic E-state index is 5.29. The van der Waals surface area contributed by atoms with Gasteiger partial charge in [-0.25, -0.2) is 15.0 Å². The van der Waals surface area contributed by atoms with Crippen molar-refractivity contribution in [2.24, 2.45) is 0 Å².